The van der Waals surface area contributed by atoms with Gasteiger partial charge in [0.2, 0.25) is 5.91 Å². The number of H-pyrrole nitrogens is 1. The van der Waals surface area contributed by atoms with E-state index < -0.39 is 5.97 Å². The van der Waals surface area contributed by atoms with E-state index in [0.717, 1.165) is 35.9 Å². The number of piperidine rings is 1. The predicted octanol–water partition coefficient (Wildman–Crippen LogP) is 4.26. The van der Waals surface area contributed by atoms with Crippen LogP contribution < -0.4 is 10.6 Å². The highest BCUT2D eigenvalue weighted by molar-refractivity contribution is 6.38. The molecule has 1 aliphatic rings. The molecule has 4 rings (SSSR count). The molecule has 7 nitrogen and oxygen atoms in total. The summed E-state index contributed by atoms with van der Waals surface area (Å²) in [7, 11) is 1.29. The Morgan fingerprint density at radius 2 is 2.03 bits per heavy atom. The van der Waals surface area contributed by atoms with Gasteiger partial charge in [0.25, 0.3) is 0 Å². The molecule has 0 bridgehead atoms. The van der Waals surface area contributed by atoms with Crippen LogP contribution in [-0.4, -0.2) is 42.3 Å². The van der Waals surface area contributed by atoms with Crippen LogP contribution in [0.15, 0.2) is 30.3 Å². The molecule has 156 valence electrons. The molecule has 30 heavy (non-hydrogen) atoms. The molecule has 0 aliphatic carbocycles. The summed E-state index contributed by atoms with van der Waals surface area (Å²) in [6, 6.07) is 8.68. The van der Waals surface area contributed by atoms with Crippen LogP contribution in [0.2, 0.25) is 10.0 Å². The molecule has 1 saturated heterocycles. The zero-order chi connectivity index (χ0) is 21.3. The van der Waals surface area contributed by atoms with Crippen molar-refractivity contribution >= 4 is 51.8 Å². The Kier molecular flexibility index (Phi) is 5.94. The molecular formula is C21H20Cl2N4O3. The molecule has 0 radical (unpaired) electrons. The van der Waals surface area contributed by atoms with Crippen molar-refractivity contribution in [2.45, 2.75) is 12.8 Å². The quantitative estimate of drug-likeness (QED) is 0.520. The fourth-order valence-corrected chi connectivity index (χ4v) is 4.18. The lowest BCUT2D eigenvalue weighted by Gasteiger charge is -2.21. The number of hydrogen-bond donors (Lipinski definition) is 3. The van der Waals surface area contributed by atoms with E-state index in [4.69, 9.17) is 27.9 Å². The third-order valence-electron chi connectivity index (χ3n) is 5.25. The second kappa shape index (κ2) is 8.63. The molecule has 1 aliphatic heterocycles. The lowest BCUT2D eigenvalue weighted by molar-refractivity contribution is -0.120. The van der Waals surface area contributed by atoms with Crippen molar-refractivity contribution in [1.82, 2.24) is 15.5 Å². The number of aromatic nitrogens is 2. The third kappa shape index (κ3) is 4.01. The molecule has 0 saturated carbocycles. The average molecular weight is 447 g/mol. The Morgan fingerprint density at radius 3 is 2.77 bits per heavy atom. The van der Waals surface area contributed by atoms with Crippen LogP contribution in [-0.2, 0) is 9.53 Å². The van der Waals surface area contributed by atoms with Gasteiger partial charge in [0.1, 0.15) is 0 Å². The fourth-order valence-electron chi connectivity index (χ4n) is 3.61. The van der Waals surface area contributed by atoms with Gasteiger partial charge in [-0.25, -0.2) is 4.79 Å². The fraction of sp³-hybridized carbons (Fsp3) is 0.286. The van der Waals surface area contributed by atoms with E-state index in [1.807, 2.05) is 18.2 Å². The first-order valence-corrected chi connectivity index (χ1v) is 10.3. The smallest absolute Gasteiger partial charge is 0.339 e. The second-order valence-corrected chi connectivity index (χ2v) is 7.98. The van der Waals surface area contributed by atoms with Crippen molar-refractivity contribution in [3.8, 4) is 11.1 Å². The van der Waals surface area contributed by atoms with Gasteiger partial charge < -0.3 is 15.4 Å². The first kappa shape index (κ1) is 20.7. The molecule has 1 atom stereocenters. The van der Waals surface area contributed by atoms with Crippen LogP contribution in [0.1, 0.15) is 23.2 Å². The normalized spacial score (nSPS) is 16.4. The Balaban J connectivity index is 1.69. The van der Waals surface area contributed by atoms with E-state index in [2.05, 4.69) is 20.8 Å². The van der Waals surface area contributed by atoms with Crippen molar-refractivity contribution in [3.63, 3.8) is 0 Å². The summed E-state index contributed by atoms with van der Waals surface area (Å²) in [6.07, 6.45) is 1.82. The van der Waals surface area contributed by atoms with Crippen LogP contribution in [0.3, 0.4) is 0 Å². The molecule has 1 fully saturated rings. The van der Waals surface area contributed by atoms with Crippen LogP contribution in [0, 0.1) is 5.92 Å². The number of carbonyl (C=O) groups excluding carboxylic acids is 2. The van der Waals surface area contributed by atoms with Crippen molar-refractivity contribution in [2.75, 3.05) is 25.5 Å². The first-order chi connectivity index (χ1) is 14.5. The van der Waals surface area contributed by atoms with Crippen LogP contribution in [0.25, 0.3) is 22.0 Å². The maximum atomic E-state index is 12.6. The van der Waals surface area contributed by atoms with Crippen LogP contribution in [0.4, 0.5) is 5.82 Å². The Labute approximate surface area is 183 Å². The van der Waals surface area contributed by atoms with Crippen molar-refractivity contribution in [2.24, 2.45) is 5.92 Å². The zero-order valence-corrected chi connectivity index (χ0v) is 17.7. The average Bonchev–Trinajstić information content (AvgIpc) is 3.16. The summed E-state index contributed by atoms with van der Waals surface area (Å²) >= 11 is 12.5. The van der Waals surface area contributed by atoms with Crippen molar-refractivity contribution in [1.29, 1.82) is 0 Å². The summed E-state index contributed by atoms with van der Waals surface area (Å²) in [4.78, 5) is 24.6. The largest absolute Gasteiger partial charge is 0.465 e. The lowest BCUT2D eigenvalue weighted by atomic mass is 9.98. The number of ether oxygens (including phenoxy) is 1. The maximum Gasteiger partial charge on any atom is 0.339 e. The number of aromatic amines is 1. The van der Waals surface area contributed by atoms with Gasteiger partial charge in [-0.05, 0) is 49.2 Å². The molecule has 1 aromatic heterocycles. The zero-order valence-electron chi connectivity index (χ0n) is 16.2. The topological polar surface area (TPSA) is 96.1 Å². The number of anilines is 1. The van der Waals surface area contributed by atoms with Gasteiger partial charge in [0.15, 0.2) is 5.82 Å². The summed E-state index contributed by atoms with van der Waals surface area (Å²) in [5.41, 5.74) is 2.38. The summed E-state index contributed by atoms with van der Waals surface area (Å²) in [5.74, 6) is -0.224. The Bertz CT molecular complexity index is 1120. The Hall–Kier alpha value is -2.61. The molecule has 3 aromatic rings. The highest BCUT2D eigenvalue weighted by Crippen LogP contribution is 2.35. The maximum absolute atomic E-state index is 12.6. The van der Waals surface area contributed by atoms with Gasteiger partial charge in [-0.2, -0.15) is 5.10 Å². The van der Waals surface area contributed by atoms with E-state index in [1.165, 1.54) is 13.2 Å². The number of esters is 1. The number of carbonyl (C=O) groups is 2. The van der Waals surface area contributed by atoms with Crippen LogP contribution >= 0.6 is 23.2 Å². The molecule has 2 heterocycles. The summed E-state index contributed by atoms with van der Waals surface area (Å²) < 4.78 is 4.79. The van der Waals surface area contributed by atoms with Gasteiger partial charge in [-0.3, -0.25) is 9.89 Å². The number of halogens is 2. The minimum Gasteiger partial charge on any atom is -0.465 e. The van der Waals surface area contributed by atoms with Gasteiger partial charge in [0.05, 0.1) is 29.1 Å². The van der Waals surface area contributed by atoms with Gasteiger partial charge in [0, 0.05) is 22.5 Å². The van der Waals surface area contributed by atoms with Gasteiger partial charge in [-0.15, -0.1) is 0 Å². The highest BCUT2D eigenvalue weighted by Gasteiger charge is 2.22. The first-order valence-electron chi connectivity index (χ1n) is 9.55. The van der Waals surface area contributed by atoms with Gasteiger partial charge in [-0.1, -0.05) is 29.3 Å². The van der Waals surface area contributed by atoms with E-state index in [-0.39, 0.29) is 22.4 Å². The number of methoxy groups -OCH3 is 1. The number of amides is 1. The summed E-state index contributed by atoms with van der Waals surface area (Å²) in [5, 5.41) is 14.7. The Morgan fingerprint density at radius 1 is 1.20 bits per heavy atom. The van der Waals surface area contributed by atoms with Crippen molar-refractivity contribution in [3.05, 3.63) is 45.9 Å². The number of rotatable bonds is 4. The number of hydrogen-bond acceptors (Lipinski definition) is 5. The molecule has 9 heteroatoms. The monoisotopic (exact) mass is 446 g/mol. The molecule has 1 amide bonds. The van der Waals surface area contributed by atoms with Gasteiger partial charge >= 0.3 is 5.97 Å². The number of benzene rings is 2. The number of nitrogens with zero attached hydrogens (tertiary/aromatic N) is 1. The summed E-state index contributed by atoms with van der Waals surface area (Å²) in [6.45, 7) is 1.60. The third-order valence-corrected chi connectivity index (χ3v) is 5.87. The van der Waals surface area contributed by atoms with E-state index >= 15 is 0 Å². The predicted molar refractivity (Wildman–Crippen MR) is 117 cm³/mol. The second-order valence-electron chi connectivity index (χ2n) is 7.17. The molecule has 0 spiro atoms. The number of fused-ring (bicyclic) bond motifs is 1. The van der Waals surface area contributed by atoms with E-state index in [1.54, 1.807) is 6.07 Å². The molecule has 3 N–H and O–H groups in total. The van der Waals surface area contributed by atoms with Crippen molar-refractivity contribution < 1.29 is 14.3 Å². The van der Waals surface area contributed by atoms with E-state index in [0.29, 0.717) is 22.9 Å². The lowest BCUT2D eigenvalue weighted by Crippen LogP contribution is -2.37. The molecular weight excluding hydrogens is 427 g/mol. The SMILES string of the molecule is COC(=O)c1cc(-c2ccc3[nH]nc(NC(=O)[C@@H]4CCCNC4)c3c2)c(Cl)cc1Cl. The standard InChI is InChI=1S/C21H20Cl2N4O3/c1-30-21(29)14-8-13(16(22)9-17(14)23)11-4-5-18-15(7-11)19(27-26-18)25-20(28)12-3-2-6-24-10-12/h4-5,7-9,12,24H,2-3,6,10H2,1H3,(H2,25,26,27,28)/t12-/m1/s1. The number of nitrogens with one attached hydrogen (secondary N) is 3. The minimum absolute atomic E-state index is 0.0569. The highest BCUT2D eigenvalue weighted by atomic mass is 35.5. The van der Waals surface area contributed by atoms with E-state index in [9.17, 15) is 9.59 Å². The van der Waals surface area contributed by atoms with Crippen LogP contribution in [0.5, 0.6) is 0 Å². The molecule has 2 aromatic carbocycles. The molecule has 0 unspecified atom stereocenters. The minimum atomic E-state index is -0.545.